The topological polar surface area (TPSA) is 77.4 Å². The predicted molar refractivity (Wildman–Crippen MR) is 98.7 cm³/mol. The molecule has 2 heterocycles. The Morgan fingerprint density at radius 1 is 1.32 bits per heavy atom. The minimum atomic E-state index is -3.38. The second-order valence-corrected chi connectivity index (χ2v) is 8.31. The Bertz CT molecular complexity index is 967. The van der Waals surface area contributed by atoms with Crippen LogP contribution in [0.2, 0.25) is 0 Å². The third-order valence-corrected chi connectivity index (χ3v) is 4.94. The Hall–Kier alpha value is -2.28. The lowest BCUT2D eigenvalue weighted by Crippen LogP contribution is -2.18. The molecule has 25 heavy (non-hydrogen) atoms. The van der Waals surface area contributed by atoms with Crippen molar-refractivity contribution in [1.82, 2.24) is 4.57 Å². The van der Waals surface area contributed by atoms with Crippen LogP contribution in [0.25, 0.3) is 11.1 Å². The van der Waals surface area contributed by atoms with Gasteiger partial charge in [-0.05, 0) is 31.5 Å². The minimum absolute atomic E-state index is 0.0573. The first kappa shape index (κ1) is 17.5. The minimum Gasteiger partial charge on any atom is -0.489 e. The van der Waals surface area contributed by atoms with Crippen molar-refractivity contribution in [2.75, 3.05) is 11.0 Å². The molecule has 134 valence electrons. The summed E-state index contributed by atoms with van der Waals surface area (Å²) in [5.74, 6) is 0.768. The van der Waals surface area contributed by atoms with Gasteiger partial charge in [0, 0.05) is 47.6 Å². The molecular weight excluding hydrogens is 340 g/mol. The number of pyridine rings is 1. The third-order valence-electron chi connectivity index (χ3n) is 4.33. The van der Waals surface area contributed by atoms with E-state index in [0.29, 0.717) is 11.3 Å². The van der Waals surface area contributed by atoms with Crippen molar-refractivity contribution in [3.63, 3.8) is 0 Å². The van der Waals surface area contributed by atoms with Gasteiger partial charge in [-0.3, -0.25) is 9.52 Å². The van der Waals surface area contributed by atoms with Crippen LogP contribution in [-0.2, 0) is 23.5 Å². The van der Waals surface area contributed by atoms with Gasteiger partial charge < -0.3 is 9.30 Å². The Kier molecular flexibility index (Phi) is 4.36. The number of nitrogens with zero attached hydrogens (tertiary/aromatic N) is 1. The number of hydrogen-bond donors (Lipinski definition) is 1. The van der Waals surface area contributed by atoms with Crippen molar-refractivity contribution >= 4 is 15.7 Å². The quantitative estimate of drug-likeness (QED) is 0.906. The zero-order valence-corrected chi connectivity index (χ0v) is 15.6. The summed E-state index contributed by atoms with van der Waals surface area (Å²) in [5.41, 5.74) is 3.66. The van der Waals surface area contributed by atoms with E-state index in [1.54, 1.807) is 26.2 Å². The molecule has 2 aromatic rings. The monoisotopic (exact) mass is 362 g/mol. The summed E-state index contributed by atoms with van der Waals surface area (Å²) < 4.78 is 33.4. The molecule has 0 aliphatic carbocycles. The van der Waals surface area contributed by atoms with E-state index in [9.17, 15) is 13.2 Å². The van der Waals surface area contributed by atoms with E-state index in [1.165, 1.54) is 4.57 Å². The van der Waals surface area contributed by atoms with Crippen molar-refractivity contribution in [2.24, 2.45) is 7.05 Å². The molecule has 1 aliphatic rings. The van der Waals surface area contributed by atoms with Gasteiger partial charge in [-0.25, -0.2) is 8.42 Å². The van der Waals surface area contributed by atoms with Crippen LogP contribution in [0.15, 0.2) is 29.2 Å². The van der Waals surface area contributed by atoms with Crippen LogP contribution in [0.1, 0.15) is 24.5 Å². The lowest BCUT2D eigenvalue weighted by molar-refractivity contribution is 0.229. The SMILES string of the molecule is CCC1Cc2cc(NS(C)(=O)=O)cc(-c3cc(C)c(=O)n(C)c3)c2O1. The maximum absolute atomic E-state index is 12.0. The molecular formula is C18H22N2O4S. The zero-order valence-electron chi connectivity index (χ0n) is 14.8. The summed E-state index contributed by atoms with van der Waals surface area (Å²) in [4.78, 5) is 12.0. The highest BCUT2D eigenvalue weighted by atomic mass is 32.2. The summed E-state index contributed by atoms with van der Waals surface area (Å²) in [6, 6.07) is 5.40. The summed E-state index contributed by atoms with van der Waals surface area (Å²) in [6.07, 6.45) is 4.56. The van der Waals surface area contributed by atoms with Crippen molar-refractivity contribution < 1.29 is 13.2 Å². The molecule has 1 unspecified atom stereocenters. The highest BCUT2D eigenvalue weighted by molar-refractivity contribution is 7.92. The van der Waals surface area contributed by atoms with Gasteiger partial charge in [0.2, 0.25) is 10.0 Å². The first-order chi connectivity index (χ1) is 11.7. The maximum atomic E-state index is 12.0. The average Bonchev–Trinajstić information content (AvgIpc) is 2.92. The van der Waals surface area contributed by atoms with Crippen molar-refractivity contribution in [1.29, 1.82) is 0 Å². The maximum Gasteiger partial charge on any atom is 0.253 e. The van der Waals surface area contributed by atoms with Gasteiger partial charge in [0.15, 0.2) is 0 Å². The number of fused-ring (bicyclic) bond motifs is 1. The fourth-order valence-electron chi connectivity index (χ4n) is 3.17. The standard InChI is InChI=1S/C18H22N2O4S/c1-5-15-8-12-7-14(19-25(4,22)23)9-16(17(12)24-15)13-6-11(2)18(21)20(3)10-13/h6-7,9-10,15,19H,5,8H2,1-4H3. The molecule has 0 spiro atoms. The number of aromatic nitrogens is 1. The number of hydrogen-bond acceptors (Lipinski definition) is 4. The molecule has 1 N–H and O–H groups in total. The Morgan fingerprint density at radius 3 is 2.64 bits per heavy atom. The molecule has 1 atom stereocenters. The Morgan fingerprint density at radius 2 is 2.04 bits per heavy atom. The second-order valence-electron chi connectivity index (χ2n) is 6.57. The molecule has 1 aromatic carbocycles. The van der Waals surface area contributed by atoms with Crippen LogP contribution in [-0.4, -0.2) is 25.3 Å². The van der Waals surface area contributed by atoms with Gasteiger partial charge in [0.1, 0.15) is 11.9 Å². The van der Waals surface area contributed by atoms with Gasteiger partial charge in [0.25, 0.3) is 5.56 Å². The molecule has 0 saturated heterocycles. The molecule has 0 bridgehead atoms. The molecule has 0 radical (unpaired) electrons. The molecule has 7 heteroatoms. The number of anilines is 1. The predicted octanol–water partition coefficient (Wildman–Crippen LogP) is 2.45. The lowest BCUT2D eigenvalue weighted by Gasteiger charge is -2.14. The third kappa shape index (κ3) is 3.56. The van der Waals surface area contributed by atoms with E-state index in [1.807, 2.05) is 12.1 Å². The number of rotatable bonds is 4. The zero-order chi connectivity index (χ0) is 18.4. The van der Waals surface area contributed by atoms with Crippen LogP contribution >= 0.6 is 0 Å². The van der Waals surface area contributed by atoms with Gasteiger partial charge in [-0.2, -0.15) is 0 Å². The molecule has 0 amide bonds. The molecule has 3 rings (SSSR count). The highest BCUT2D eigenvalue weighted by Crippen LogP contribution is 2.41. The van der Waals surface area contributed by atoms with Crippen LogP contribution < -0.4 is 15.0 Å². The molecule has 6 nitrogen and oxygen atoms in total. The van der Waals surface area contributed by atoms with E-state index in [4.69, 9.17) is 4.74 Å². The van der Waals surface area contributed by atoms with Crippen LogP contribution in [0.4, 0.5) is 5.69 Å². The Labute approximate surface area is 147 Å². The van der Waals surface area contributed by atoms with Crippen molar-refractivity contribution in [3.05, 3.63) is 45.9 Å². The summed E-state index contributed by atoms with van der Waals surface area (Å²) in [5, 5.41) is 0. The smallest absolute Gasteiger partial charge is 0.253 e. The molecule has 1 aromatic heterocycles. The largest absolute Gasteiger partial charge is 0.489 e. The van der Waals surface area contributed by atoms with Gasteiger partial charge >= 0.3 is 0 Å². The van der Waals surface area contributed by atoms with Crippen molar-refractivity contribution in [2.45, 2.75) is 32.8 Å². The van der Waals surface area contributed by atoms with Gasteiger partial charge in [0.05, 0.1) is 6.26 Å². The first-order valence-corrected chi connectivity index (χ1v) is 10.1. The lowest BCUT2D eigenvalue weighted by atomic mass is 9.99. The van der Waals surface area contributed by atoms with Crippen molar-refractivity contribution in [3.8, 4) is 16.9 Å². The van der Waals surface area contributed by atoms with Crippen LogP contribution in [0.3, 0.4) is 0 Å². The fraction of sp³-hybridized carbons (Fsp3) is 0.389. The summed E-state index contributed by atoms with van der Waals surface area (Å²) >= 11 is 0. The van der Waals surface area contributed by atoms with Crippen LogP contribution in [0, 0.1) is 6.92 Å². The van der Waals surface area contributed by atoms with E-state index < -0.39 is 10.0 Å². The number of sulfonamides is 1. The van der Waals surface area contributed by atoms with E-state index >= 15 is 0 Å². The van der Waals surface area contributed by atoms with E-state index in [0.717, 1.165) is 41.5 Å². The fourth-order valence-corrected chi connectivity index (χ4v) is 3.72. The summed E-state index contributed by atoms with van der Waals surface area (Å²) in [6.45, 7) is 3.82. The number of nitrogens with one attached hydrogen (secondary N) is 1. The second kappa shape index (κ2) is 6.22. The molecule has 0 fully saturated rings. The molecule has 0 saturated carbocycles. The number of aryl methyl sites for hydroxylation is 2. The van der Waals surface area contributed by atoms with Gasteiger partial charge in [-0.1, -0.05) is 6.92 Å². The highest BCUT2D eigenvalue weighted by Gasteiger charge is 2.26. The first-order valence-electron chi connectivity index (χ1n) is 8.17. The van der Waals surface area contributed by atoms with Gasteiger partial charge in [-0.15, -0.1) is 0 Å². The van der Waals surface area contributed by atoms with E-state index in [-0.39, 0.29) is 11.7 Å². The number of ether oxygens (including phenoxy) is 1. The number of benzene rings is 1. The van der Waals surface area contributed by atoms with Crippen LogP contribution in [0.5, 0.6) is 5.75 Å². The average molecular weight is 362 g/mol. The van der Waals surface area contributed by atoms with E-state index in [2.05, 4.69) is 11.6 Å². The normalized spacial score (nSPS) is 16.4. The summed E-state index contributed by atoms with van der Waals surface area (Å²) in [7, 11) is -1.68. The Balaban J connectivity index is 2.20. The molecule has 1 aliphatic heterocycles.